The van der Waals surface area contributed by atoms with E-state index in [1.807, 2.05) is 30.3 Å². The number of aromatic amines is 1. The molecule has 0 atom stereocenters. The van der Waals surface area contributed by atoms with Crippen LogP contribution in [0.5, 0.6) is 0 Å². The number of rotatable bonds is 1. The molecule has 0 bridgehead atoms. The minimum Gasteiger partial charge on any atom is -0.264 e. The molecule has 5 heteroatoms. The van der Waals surface area contributed by atoms with Crippen molar-refractivity contribution >= 4 is 22.6 Å². The van der Waals surface area contributed by atoms with E-state index in [-0.39, 0.29) is 0 Å². The maximum absolute atomic E-state index is 5.87. The van der Waals surface area contributed by atoms with Gasteiger partial charge in [0.1, 0.15) is 5.15 Å². The van der Waals surface area contributed by atoms with Gasteiger partial charge in [-0.15, -0.1) is 0 Å². The van der Waals surface area contributed by atoms with Gasteiger partial charge in [-0.3, -0.25) is 5.10 Å². The Kier molecular flexibility index (Phi) is 2.08. The van der Waals surface area contributed by atoms with Gasteiger partial charge in [0.15, 0.2) is 11.5 Å². The molecule has 0 spiro atoms. The van der Waals surface area contributed by atoms with Crippen molar-refractivity contribution in [2.24, 2.45) is 0 Å². The first-order valence-electron chi connectivity index (χ1n) is 4.76. The van der Waals surface area contributed by atoms with E-state index in [1.165, 1.54) is 0 Å². The predicted octanol–water partition coefficient (Wildman–Crippen LogP) is 2.67. The van der Waals surface area contributed by atoms with Gasteiger partial charge in [0, 0.05) is 11.8 Å². The number of nitrogens with zero attached hydrogens (tertiary/aromatic N) is 3. The van der Waals surface area contributed by atoms with Crippen LogP contribution in [0.15, 0.2) is 36.5 Å². The summed E-state index contributed by atoms with van der Waals surface area (Å²) in [5.41, 5.74) is 1.54. The van der Waals surface area contributed by atoms with E-state index in [2.05, 4.69) is 20.2 Å². The Balaban J connectivity index is 2.19. The SMILES string of the molecule is Clc1[nH]nc2nc(-c3ccccc3)ncc12. The zero-order valence-corrected chi connectivity index (χ0v) is 8.94. The van der Waals surface area contributed by atoms with Crippen molar-refractivity contribution in [3.05, 3.63) is 41.7 Å². The molecule has 78 valence electrons. The topological polar surface area (TPSA) is 54.5 Å². The Morgan fingerprint density at radius 3 is 2.75 bits per heavy atom. The fourth-order valence-electron chi connectivity index (χ4n) is 1.50. The Morgan fingerprint density at radius 2 is 1.94 bits per heavy atom. The number of fused-ring (bicyclic) bond motifs is 1. The second kappa shape index (κ2) is 3.57. The van der Waals surface area contributed by atoms with Gasteiger partial charge >= 0.3 is 0 Å². The monoisotopic (exact) mass is 230 g/mol. The van der Waals surface area contributed by atoms with Crippen LogP contribution in [-0.2, 0) is 0 Å². The van der Waals surface area contributed by atoms with Crippen molar-refractivity contribution in [1.82, 2.24) is 20.2 Å². The van der Waals surface area contributed by atoms with Crippen molar-refractivity contribution in [3.8, 4) is 11.4 Å². The zero-order valence-electron chi connectivity index (χ0n) is 8.18. The van der Waals surface area contributed by atoms with Crippen LogP contribution >= 0.6 is 11.6 Å². The first-order chi connectivity index (χ1) is 7.84. The lowest BCUT2D eigenvalue weighted by molar-refractivity contribution is 1.09. The molecule has 0 aliphatic heterocycles. The van der Waals surface area contributed by atoms with Crippen molar-refractivity contribution in [2.45, 2.75) is 0 Å². The Hall–Kier alpha value is -1.94. The average molecular weight is 231 g/mol. The summed E-state index contributed by atoms with van der Waals surface area (Å²) in [6.45, 7) is 0. The molecule has 2 heterocycles. The van der Waals surface area contributed by atoms with Crippen LogP contribution in [0.25, 0.3) is 22.4 Å². The average Bonchev–Trinajstić information content (AvgIpc) is 2.72. The van der Waals surface area contributed by atoms with E-state index in [0.29, 0.717) is 16.6 Å². The summed E-state index contributed by atoms with van der Waals surface area (Å²) in [5, 5.41) is 7.87. The molecule has 1 aromatic carbocycles. The third-order valence-electron chi connectivity index (χ3n) is 2.30. The van der Waals surface area contributed by atoms with E-state index < -0.39 is 0 Å². The van der Waals surface area contributed by atoms with Crippen molar-refractivity contribution in [3.63, 3.8) is 0 Å². The van der Waals surface area contributed by atoms with Crippen LogP contribution in [0.3, 0.4) is 0 Å². The van der Waals surface area contributed by atoms with Crippen molar-refractivity contribution < 1.29 is 0 Å². The van der Waals surface area contributed by atoms with Gasteiger partial charge in [-0.05, 0) is 0 Å². The van der Waals surface area contributed by atoms with Gasteiger partial charge < -0.3 is 0 Å². The lowest BCUT2D eigenvalue weighted by Gasteiger charge is -1.98. The molecule has 0 unspecified atom stereocenters. The largest absolute Gasteiger partial charge is 0.264 e. The van der Waals surface area contributed by atoms with E-state index >= 15 is 0 Å². The molecule has 4 nitrogen and oxygen atoms in total. The lowest BCUT2D eigenvalue weighted by Crippen LogP contribution is -1.88. The molecular weight excluding hydrogens is 224 g/mol. The maximum atomic E-state index is 5.87. The van der Waals surface area contributed by atoms with Crippen molar-refractivity contribution in [1.29, 1.82) is 0 Å². The van der Waals surface area contributed by atoms with Crippen molar-refractivity contribution in [2.75, 3.05) is 0 Å². The van der Waals surface area contributed by atoms with E-state index in [4.69, 9.17) is 11.6 Å². The van der Waals surface area contributed by atoms with Crippen LogP contribution in [0.2, 0.25) is 5.15 Å². The molecule has 1 N–H and O–H groups in total. The Morgan fingerprint density at radius 1 is 1.12 bits per heavy atom. The summed E-state index contributed by atoms with van der Waals surface area (Å²) >= 11 is 5.87. The Labute approximate surface area is 96.3 Å². The highest BCUT2D eigenvalue weighted by Crippen LogP contribution is 2.21. The van der Waals surface area contributed by atoms with Gasteiger partial charge in [0.05, 0.1) is 5.39 Å². The molecular formula is C11H7ClN4. The number of nitrogens with one attached hydrogen (secondary N) is 1. The number of hydrogen-bond acceptors (Lipinski definition) is 3. The maximum Gasteiger partial charge on any atom is 0.186 e. The summed E-state index contributed by atoms with van der Waals surface area (Å²) in [4.78, 5) is 8.58. The highest BCUT2D eigenvalue weighted by atomic mass is 35.5. The number of benzene rings is 1. The normalized spacial score (nSPS) is 10.8. The van der Waals surface area contributed by atoms with E-state index in [9.17, 15) is 0 Å². The van der Waals surface area contributed by atoms with Gasteiger partial charge in [-0.2, -0.15) is 5.10 Å². The second-order valence-electron chi connectivity index (χ2n) is 3.33. The van der Waals surface area contributed by atoms with E-state index in [1.54, 1.807) is 6.20 Å². The number of halogens is 1. The fourth-order valence-corrected chi connectivity index (χ4v) is 1.68. The molecule has 0 amide bonds. The second-order valence-corrected chi connectivity index (χ2v) is 3.71. The molecule has 0 fully saturated rings. The minimum absolute atomic E-state index is 0.467. The van der Waals surface area contributed by atoms with Crippen LogP contribution < -0.4 is 0 Å². The molecule has 0 aliphatic carbocycles. The lowest BCUT2D eigenvalue weighted by atomic mass is 10.2. The first kappa shape index (κ1) is 9.30. The standard InChI is InChI=1S/C11H7ClN4/c12-9-8-6-13-10(14-11(8)16-15-9)7-4-2-1-3-5-7/h1-6H,(H,13,14,15,16). The molecule has 3 rings (SSSR count). The molecule has 16 heavy (non-hydrogen) atoms. The number of hydrogen-bond donors (Lipinski definition) is 1. The van der Waals surface area contributed by atoms with Gasteiger partial charge in [0.2, 0.25) is 0 Å². The third-order valence-corrected chi connectivity index (χ3v) is 2.59. The summed E-state index contributed by atoms with van der Waals surface area (Å²) in [6, 6.07) is 9.75. The molecule has 0 saturated heterocycles. The third kappa shape index (κ3) is 1.44. The van der Waals surface area contributed by atoms with Crippen LogP contribution in [-0.4, -0.2) is 20.2 Å². The summed E-state index contributed by atoms with van der Waals surface area (Å²) in [6.07, 6.45) is 1.68. The van der Waals surface area contributed by atoms with Gasteiger partial charge in [-0.1, -0.05) is 41.9 Å². The fraction of sp³-hybridized carbons (Fsp3) is 0. The number of aromatic nitrogens is 4. The smallest absolute Gasteiger partial charge is 0.186 e. The molecule has 0 saturated carbocycles. The Bertz CT molecular complexity index is 633. The molecule has 2 aromatic heterocycles. The number of H-pyrrole nitrogens is 1. The van der Waals surface area contributed by atoms with Gasteiger partial charge in [0.25, 0.3) is 0 Å². The molecule has 0 aliphatic rings. The summed E-state index contributed by atoms with van der Waals surface area (Å²) < 4.78 is 0. The summed E-state index contributed by atoms with van der Waals surface area (Å²) in [5.74, 6) is 0.649. The predicted molar refractivity (Wildman–Crippen MR) is 62.1 cm³/mol. The highest BCUT2D eigenvalue weighted by Gasteiger charge is 2.07. The van der Waals surface area contributed by atoms with E-state index in [0.717, 1.165) is 10.9 Å². The van der Waals surface area contributed by atoms with Gasteiger partial charge in [-0.25, -0.2) is 9.97 Å². The zero-order chi connectivity index (χ0) is 11.0. The van der Waals surface area contributed by atoms with Crippen LogP contribution in [0.1, 0.15) is 0 Å². The molecule has 0 radical (unpaired) electrons. The highest BCUT2D eigenvalue weighted by molar-refractivity contribution is 6.34. The quantitative estimate of drug-likeness (QED) is 0.699. The van der Waals surface area contributed by atoms with Crippen LogP contribution in [0.4, 0.5) is 0 Å². The minimum atomic E-state index is 0.467. The first-order valence-corrected chi connectivity index (χ1v) is 5.14. The molecule has 3 aromatic rings. The van der Waals surface area contributed by atoms with Crippen LogP contribution in [0, 0.1) is 0 Å². The summed E-state index contributed by atoms with van der Waals surface area (Å²) in [7, 11) is 0.